The number of aromatic nitrogens is 4. The van der Waals surface area contributed by atoms with Crippen molar-refractivity contribution >= 4 is 28.9 Å². The van der Waals surface area contributed by atoms with E-state index >= 15 is 0 Å². The summed E-state index contributed by atoms with van der Waals surface area (Å²) in [4.78, 5) is 25.1. The fraction of sp³-hybridized carbons (Fsp3) is 0.650. The zero-order valence-electron chi connectivity index (χ0n) is 16.2. The summed E-state index contributed by atoms with van der Waals surface area (Å²) in [6.07, 6.45) is 8.55. The van der Waals surface area contributed by atoms with Crippen LogP contribution in [-0.4, -0.2) is 37.4 Å². The number of nitrogens with zero attached hydrogens (tertiary/aromatic N) is 5. The van der Waals surface area contributed by atoms with E-state index < -0.39 is 0 Å². The van der Waals surface area contributed by atoms with Crippen molar-refractivity contribution in [1.29, 1.82) is 0 Å². The number of imidazole rings is 1. The maximum atomic E-state index is 13.2. The molecule has 6 nitrogen and oxygen atoms in total. The highest BCUT2D eigenvalue weighted by molar-refractivity contribution is 7.99. The van der Waals surface area contributed by atoms with Crippen molar-refractivity contribution in [2.24, 2.45) is 7.05 Å². The molecule has 0 atom stereocenters. The second-order valence-corrected chi connectivity index (χ2v) is 8.70. The van der Waals surface area contributed by atoms with E-state index in [0.29, 0.717) is 23.0 Å². The molecule has 1 aliphatic carbocycles. The van der Waals surface area contributed by atoms with E-state index in [4.69, 9.17) is 9.97 Å². The topological polar surface area (TPSA) is 56.0 Å². The van der Waals surface area contributed by atoms with E-state index in [1.54, 1.807) is 16.3 Å². The lowest BCUT2D eigenvalue weighted by molar-refractivity contribution is 0.561. The summed E-state index contributed by atoms with van der Waals surface area (Å²) in [5.41, 5.74) is 1.13. The van der Waals surface area contributed by atoms with Gasteiger partial charge in [-0.1, -0.05) is 30.5 Å². The van der Waals surface area contributed by atoms with E-state index in [2.05, 4.69) is 16.7 Å². The molecule has 2 aromatic heterocycles. The Bertz CT molecular complexity index is 939. The third-order valence-corrected chi connectivity index (χ3v) is 6.93. The van der Waals surface area contributed by atoms with Gasteiger partial charge in [0.25, 0.3) is 5.56 Å². The molecule has 0 unspecified atom stereocenters. The molecule has 3 heterocycles. The number of anilines is 1. The molecule has 1 saturated heterocycles. The monoisotopic (exact) mass is 385 g/mol. The molecule has 0 aromatic carbocycles. The fourth-order valence-corrected chi connectivity index (χ4v) is 5.28. The van der Waals surface area contributed by atoms with Gasteiger partial charge in [-0.25, -0.2) is 4.98 Å². The Hall–Kier alpha value is -1.94. The first-order chi connectivity index (χ1) is 13.2. The number of hydrogen-bond donors (Lipinski definition) is 0. The van der Waals surface area contributed by atoms with Crippen LogP contribution in [-0.2, 0) is 13.6 Å². The minimum absolute atomic E-state index is 0.0193. The minimum Gasteiger partial charge on any atom is -0.342 e. The molecule has 0 spiro atoms. The number of thioether (sulfide) groups is 1. The standard InChI is InChI=1S/C20H27N5OS/c1-3-4-14-25-16-17(21-19(25)24-12-8-5-9-13-24)22-20(23(2)18(16)26)27-15-10-6-7-11-15/h15H,5-14H2,1-2H3. The molecular weight excluding hydrogens is 358 g/mol. The molecule has 2 aromatic rings. The second-order valence-electron chi connectivity index (χ2n) is 7.43. The van der Waals surface area contributed by atoms with Gasteiger partial charge in [0.15, 0.2) is 16.3 Å². The van der Waals surface area contributed by atoms with Crippen LogP contribution in [0.2, 0.25) is 0 Å². The van der Waals surface area contributed by atoms with Crippen molar-refractivity contribution in [3.8, 4) is 11.8 Å². The zero-order chi connectivity index (χ0) is 18.8. The lowest BCUT2D eigenvalue weighted by Crippen LogP contribution is -2.32. The number of hydrogen-bond acceptors (Lipinski definition) is 5. The molecule has 27 heavy (non-hydrogen) atoms. The van der Waals surface area contributed by atoms with Crippen LogP contribution < -0.4 is 10.5 Å². The quantitative estimate of drug-likeness (QED) is 0.598. The Morgan fingerprint density at radius 2 is 1.85 bits per heavy atom. The van der Waals surface area contributed by atoms with Crippen LogP contribution in [0.1, 0.15) is 51.9 Å². The molecule has 7 heteroatoms. The first kappa shape index (κ1) is 18.4. The number of rotatable bonds is 4. The van der Waals surface area contributed by atoms with E-state index in [9.17, 15) is 4.79 Å². The minimum atomic E-state index is -0.0193. The number of fused-ring (bicyclic) bond motifs is 1. The Kier molecular flexibility index (Phi) is 5.44. The molecule has 0 amide bonds. The van der Waals surface area contributed by atoms with E-state index in [0.717, 1.165) is 37.0 Å². The molecule has 0 N–H and O–H groups in total. The predicted molar refractivity (Wildman–Crippen MR) is 110 cm³/mol. The molecular formula is C20H27N5OS. The third-order valence-electron chi connectivity index (χ3n) is 5.55. The van der Waals surface area contributed by atoms with E-state index in [1.165, 1.54) is 32.1 Å². The highest BCUT2D eigenvalue weighted by Gasteiger charge is 2.24. The Morgan fingerprint density at radius 1 is 1.11 bits per heavy atom. The van der Waals surface area contributed by atoms with Gasteiger partial charge in [0.2, 0.25) is 5.95 Å². The van der Waals surface area contributed by atoms with Gasteiger partial charge in [-0.05, 0) is 39.0 Å². The molecule has 1 saturated carbocycles. The smallest absolute Gasteiger partial charge is 0.280 e. The van der Waals surface area contributed by atoms with Gasteiger partial charge in [-0.15, -0.1) is 5.92 Å². The second kappa shape index (κ2) is 7.97. The first-order valence-corrected chi connectivity index (χ1v) is 10.9. The van der Waals surface area contributed by atoms with Gasteiger partial charge in [-0.3, -0.25) is 13.9 Å². The molecule has 2 aliphatic rings. The first-order valence-electron chi connectivity index (χ1n) is 9.97. The van der Waals surface area contributed by atoms with Gasteiger partial charge in [0.05, 0.1) is 6.54 Å². The van der Waals surface area contributed by atoms with Crippen molar-refractivity contribution in [3.63, 3.8) is 0 Å². The maximum absolute atomic E-state index is 13.2. The van der Waals surface area contributed by atoms with Crippen LogP contribution in [0.3, 0.4) is 0 Å². The van der Waals surface area contributed by atoms with Gasteiger partial charge in [0, 0.05) is 25.4 Å². The van der Waals surface area contributed by atoms with Crippen molar-refractivity contribution in [3.05, 3.63) is 10.4 Å². The number of piperidine rings is 1. The molecule has 2 fully saturated rings. The van der Waals surface area contributed by atoms with Crippen LogP contribution in [0.4, 0.5) is 5.95 Å². The molecule has 0 bridgehead atoms. The van der Waals surface area contributed by atoms with Crippen molar-refractivity contribution < 1.29 is 0 Å². The van der Waals surface area contributed by atoms with Gasteiger partial charge < -0.3 is 4.90 Å². The molecule has 144 valence electrons. The highest BCUT2D eigenvalue weighted by Crippen LogP contribution is 2.34. The Balaban J connectivity index is 1.81. The summed E-state index contributed by atoms with van der Waals surface area (Å²) >= 11 is 1.74. The van der Waals surface area contributed by atoms with Gasteiger partial charge in [-0.2, -0.15) is 4.98 Å². The Labute approximate surface area is 164 Å². The average molecular weight is 386 g/mol. The third kappa shape index (κ3) is 3.60. The largest absolute Gasteiger partial charge is 0.342 e. The maximum Gasteiger partial charge on any atom is 0.280 e. The molecule has 0 radical (unpaired) electrons. The summed E-state index contributed by atoms with van der Waals surface area (Å²) in [6.45, 7) is 4.26. The lowest BCUT2D eigenvalue weighted by atomic mass is 10.1. The van der Waals surface area contributed by atoms with E-state index in [1.807, 2.05) is 18.5 Å². The normalized spacial score (nSPS) is 18.1. The summed E-state index contributed by atoms with van der Waals surface area (Å²) in [5.74, 6) is 6.90. The van der Waals surface area contributed by atoms with Crippen LogP contribution in [0, 0.1) is 11.8 Å². The molecule has 1 aliphatic heterocycles. The van der Waals surface area contributed by atoms with Crippen LogP contribution >= 0.6 is 11.8 Å². The zero-order valence-corrected chi connectivity index (χ0v) is 17.0. The van der Waals surface area contributed by atoms with E-state index in [-0.39, 0.29) is 5.56 Å². The Morgan fingerprint density at radius 3 is 2.56 bits per heavy atom. The van der Waals surface area contributed by atoms with Crippen LogP contribution in [0.5, 0.6) is 0 Å². The van der Waals surface area contributed by atoms with Crippen LogP contribution in [0.15, 0.2) is 9.95 Å². The summed E-state index contributed by atoms with van der Waals surface area (Å²) in [7, 11) is 1.83. The lowest BCUT2D eigenvalue weighted by Gasteiger charge is -2.27. The predicted octanol–water partition coefficient (Wildman–Crippen LogP) is 3.18. The van der Waals surface area contributed by atoms with Gasteiger partial charge in [0.1, 0.15) is 0 Å². The summed E-state index contributed by atoms with van der Waals surface area (Å²) in [5, 5.41) is 1.35. The van der Waals surface area contributed by atoms with Crippen molar-refractivity contribution in [2.75, 3.05) is 18.0 Å². The summed E-state index contributed by atoms with van der Waals surface area (Å²) < 4.78 is 3.67. The van der Waals surface area contributed by atoms with Gasteiger partial charge >= 0.3 is 0 Å². The van der Waals surface area contributed by atoms with Crippen molar-refractivity contribution in [2.45, 2.75) is 68.8 Å². The average Bonchev–Trinajstić information content (AvgIpc) is 3.32. The van der Waals surface area contributed by atoms with Crippen LogP contribution in [0.25, 0.3) is 11.2 Å². The highest BCUT2D eigenvalue weighted by atomic mass is 32.2. The SMILES string of the molecule is CC#CCn1c(N2CCCCC2)nc2nc(SC3CCCC3)n(C)c(=O)c21. The fourth-order valence-electron chi connectivity index (χ4n) is 4.03. The van der Waals surface area contributed by atoms with Crippen molar-refractivity contribution in [1.82, 2.24) is 19.1 Å². The molecule has 4 rings (SSSR count). The summed E-state index contributed by atoms with van der Waals surface area (Å²) in [6, 6.07) is 0.